The number of rotatable bonds is 2. The van der Waals surface area contributed by atoms with E-state index in [0.717, 1.165) is 21.6 Å². The van der Waals surface area contributed by atoms with Gasteiger partial charge in [-0.15, -0.1) is 5.10 Å². The highest BCUT2D eigenvalue weighted by Crippen LogP contribution is 2.29. The van der Waals surface area contributed by atoms with Gasteiger partial charge < -0.3 is 4.74 Å². The molecule has 5 nitrogen and oxygen atoms in total. The molecule has 0 aliphatic carbocycles. The molecule has 0 saturated carbocycles. The van der Waals surface area contributed by atoms with E-state index in [0.29, 0.717) is 0 Å². The quantitative estimate of drug-likeness (QED) is 0.831. The van der Waals surface area contributed by atoms with E-state index in [2.05, 4.69) is 31.5 Å². The van der Waals surface area contributed by atoms with E-state index >= 15 is 0 Å². The van der Waals surface area contributed by atoms with Crippen LogP contribution < -0.4 is 4.74 Å². The standard InChI is InChI=1S/C9H9BrN4O/c1-14-9(11-12-13-14)6-3-4-8(15-2)7(10)5-6/h3-5H,1-2H3. The number of benzene rings is 1. The van der Waals surface area contributed by atoms with Gasteiger partial charge in [-0.25, -0.2) is 4.68 Å². The van der Waals surface area contributed by atoms with Crippen molar-refractivity contribution in [3.05, 3.63) is 22.7 Å². The lowest BCUT2D eigenvalue weighted by Gasteiger charge is -2.04. The van der Waals surface area contributed by atoms with Crippen LogP contribution in [0.15, 0.2) is 22.7 Å². The van der Waals surface area contributed by atoms with Gasteiger partial charge in [-0.3, -0.25) is 0 Å². The van der Waals surface area contributed by atoms with Crippen LogP contribution >= 0.6 is 15.9 Å². The zero-order chi connectivity index (χ0) is 10.8. The number of hydrogen-bond donors (Lipinski definition) is 0. The summed E-state index contributed by atoms with van der Waals surface area (Å²) in [7, 11) is 3.43. The molecule has 6 heteroatoms. The molecule has 1 aromatic heterocycles. The first-order valence-electron chi connectivity index (χ1n) is 4.28. The average Bonchev–Trinajstić information content (AvgIpc) is 2.64. The van der Waals surface area contributed by atoms with E-state index in [1.165, 1.54) is 0 Å². The first kappa shape index (κ1) is 10.1. The molecule has 0 unspecified atom stereocenters. The Balaban J connectivity index is 2.47. The molecule has 15 heavy (non-hydrogen) atoms. The predicted octanol–water partition coefficient (Wildman–Crippen LogP) is 1.65. The van der Waals surface area contributed by atoms with Crippen molar-refractivity contribution in [3.8, 4) is 17.1 Å². The van der Waals surface area contributed by atoms with Crippen molar-refractivity contribution >= 4 is 15.9 Å². The van der Waals surface area contributed by atoms with Gasteiger partial charge in [0.05, 0.1) is 11.6 Å². The number of ether oxygens (including phenoxy) is 1. The molecule has 2 aromatic rings. The summed E-state index contributed by atoms with van der Waals surface area (Å²) < 4.78 is 7.64. The lowest BCUT2D eigenvalue weighted by Crippen LogP contribution is -1.95. The Morgan fingerprint density at radius 3 is 2.73 bits per heavy atom. The molecule has 0 aliphatic heterocycles. The minimum Gasteiger partial charge on any atom is -0.496 e. The normalized spacial score (nSPS) is 10.3. The van der Waals surface area contributed by atoms with Crippen molar-refractivity contribution < 1.29 is 4.74 Å². The van der Waals surface area contributed by atoms with Gasteiger partial charge in [-0.05, 0) is 44.6 Å². The van der Waals surface area contributed by atoms with E-state index in [1.54, 1.807) is 18.8 Å². The largest absolute Gasteiger partial charge is 0.496 e. The molecule has 0 N–H and O–H groups in total. The molecular formula is C9H9BrN4O. The molecule has 0 saturated heterocycles. The van der Waals surface area contributed by atoms with Gasteiger partial charge in [-0.1, -0.05) is 0 Å². The molecule has 0 amide bonds. The summed E-state index contributed by atoms with van der Waals surface area (Å²) in [5, 5.41) is 11.3. The fourth-order valence-corrected chi connectivity index (χ4v) is 1.82. The Morgan fingerprint density at radius 1 is 1.40 bits per heavy atom. The van der Waals surface area contributed by atoms with Crippen molar-refractivity contribution in [2.24, 2.45) is 7.05 Å². The maximum Gasteiger partial charge on any atom is 0.181 e. The fraction of sp³-hybridized carbons (Fsp3) is 0.222. The molecule has 2 rings (SSSR count). The zero-order valence-electron chi connectivity index (χ0n) is 8.31. The second-order valence-corrected chi connectivity index (χ2v) is 3.83. The Labute approximate surface area is 95.2 Å². The molecule has 1 aromatic carbocycles. The molecule has 0 bridgehead atoms. The summed E-state index contributed by atoms with van der Waals surface area (Å²) in [6, 6.07) is 5.70. The third-order valence-electron chi connectivity index (χ3n) is 2.03. The highest BCUT2D eigenvalue weighted by molar-refractivity contribution is 9.10. The van der Waals surface area contributed by atoms with Crippen LogP contribution in [0.25, 0.3) is 11.4 Å². The number of tetrazole rings is 1. The minimum atomic E-state index is 0.721. The molecule has 0 spiro atoms. The van der Waals surface area contributed by atoms with Gasteiger partial charge in [-0.2, -0.15) is 0 Å². The number of hydrogen-bond acceptors (Lipinski definition) is 4. The fourth-order valence-electron chi connectivity index (χ4n) is 1.28. The van der Waals surface area contributed by atoms with Gasteiger partial charge in [0.15, 0.2) is 5.82 Å². The van der Waals surface area contributed by atoms with E-state index in [4.69, 9.17) is 4.74 Å². The Bertz CT molecular complexity index is 483. The summed E-state index contributed by atoms with van der Waals surface area (Å²) >= 11 is 3.41. The van der Waals surface area contributed by atoms with Crippen LogP contribution in [0.2, 0.25) is 0 Å². The molecule has 0 fully saturated rings. The zero-order valence-corrected chi connectivity index (χ0v) is 9.89. The minimum absolute atomic E-state index is 0.721. The first-order chi connectivity index (χ1) is 7.22. The topological polar surface area (TPSA) is 52.8 Å². The molecule has 78 valence electrons. The van der Waals surface area contributed by atoms with Crippen LogP contribution in [0.3, 0.4) is 0 Å². The van der Waals surface area contributed by atoms with E-state index in [1.807, 2.05) is 18.2 Å². The number of nitrogens with zero attached hydrogens (tertiary/aromatic N) is 4. The van der Waals surface area contributed by atoms with Crippen molar-refractivity contribution in [3.63, 3.8) is 0 Å². The summed E-state index contributed by atoms with van der Waals surface area (Å²) in [6.07, 6.45) is 0. The Morgan fingerprint density at radius 2 is 2.20 bits per heavy atom. The molecule has 1 heterocycles. The first-order valence-corrected chi connectivity index (χ1v) is 5.08. The maximum absolute atomic E-state index is 5.14. The van der Waals surface area contributed by atoms with Crippen molar-refractivity contribution in [2.75, 3.05) is 7.11 Å². The third-order valence-corrected chi connectivity index (χ3v) is 2.65. The Hall–Kier alpha value is -1.43. The lowest BCUT2D eigenvalue weighted by atomic mass is 10.2. The molecular weight excluding hydrogens is 260 g/mol. The maximum atomic E-state index is 5.14. The summed E-state index contributed by atoms with van der Waals surface area (Å²) in [6.45, 7) is 0. The number of aromatic nitrogens is 4. The van der Waals surface area contributed by atoms with Crippen molar-refractivity contribution in [1.82, 2.24) is 20.2 Å². The monoisotopic (exact) mass is 268 g/mol. The van der Waals surface area contributed by atoms with Gasteiger partial charge in [0.25, 0.3) is 0 Å². The van der Waals surface area contributed by atoms with Crippen LogP contribution in [-0.2, 0) is 7.05 Å². The van der Waals surface area contributed by atoms with E-state index in [9.17, 15) is 0 Å². The number of halogens is 1. The van der Waals surface area contributed by atoms with Crippen LogP contribution in [0.4, 0.5) is 0 Å². The number of methoxy groups -OCH3 is 1. The molecule has 0 radical (unpaired) electrons. The van der Waals surface area contributed by atoms with Crippen LogP contribution in [-0.4, -0.2) is 27.3 Å². The third kappa shape index (κ3) is 1.85. The van der Waals surface area contributed by atoms with Crippen LogP contribution in [0.1, 0.15) is 0 Å². The van der Waals surface area contributed by atoms with E-state index in [-0.39, 0.29) is 0 Å². The van der Waals surface area contributed by atoms with Crippen LogP contribution in [0, 0.1) is 0 Å². The molecule has 0 atom stereocenters. The van der Waals surface area contributed by atoms with Gasteiger partial charge in [0.1, 0.15) is 5.75 Å². The summed E-state index contributed by atoms with van der Waals surface area (Å²) in [5.74, 6) is 1.51. The second-order valence-electron chi connectivity index (χ2n) is 2.98. The molecule has 0 aliphatic rings. The predicted molar refractivity (Wildman–Crippen MR) is 58.5 cm³/mol. The van der Waals surface area contributed by atoms with Crippen molar-refractivity contribution in [2.45, 2.75) is 0 Å². The van der Waals surface area contributed by atoms with Crippen molar-refractivity contribution in [1.29, 1.82) is 0 Å². The number of aryl methyl sites for hydroxylation is 1. The SMILES string of the molecule is COc1ccc(-c2nnnn2C)cc1Br. The van der Waals surface area contributed by atoms with Gasteiger partial charge in [0.2, 0.25) is 0 Å². The highest BCUT2D eigenvalue weighted by Gasteiger charge is 2.08. The second kappa shape index (κ2) is 3.98. The smallest absolute Gasteiger partial charge is 0.181 e. The summed E-state index contributed by atoms with van der Waals surface area (Å²) in [4.78, 5) is 0. The van der Waals surface area contributed by atoms with Crippen LogP contribution in [0.5, 0.6) is 5.75 Å². The Kier molecular flexibility index (Phi) is 2.68. The lowest BCUT2D eigenvalue weighted by molar-refractivity contribution is 0.412. The van der Waals surface area contributed by atoms with E-state index < -0.39 is 0 Å². The van der Waals surface area contributed by atoms with Gasteiger partial charge in [0, 0.05) is 12.6 Å². The highest BCUT2D eigenvalue weighted by atomic mass is 79.9. The summed E-state index contributed by atoms with van der Waals surface area (Å²) in [5.41, 5.74) is 0.940. The van der Waals surface area contributed by atoms with Gasteiger partial charge >= 0.3 is 0 Å². The average molecular weight is 269 g/mol.